The first-order valence-corrected chi connectivity index (χ1v) is 6.06. The van der Waals surface area contributed by atoms with E-state index in [-0.39, 0.29) is 11.8 Å². The van der Waals surface area contributed by atoms with Gasteiger partial charge >= 0.3 is 0 Å². The van der Waals surface area contributed by atoms with Gasteiger partial charge in [0.1, 0.15) is 0 Å². The molecule has 0 bridgehead atoms. The van der Waals surface area contributed by atoms with Crippen molar-refractivity contribution in [2.45, 2.75) is 26.7 Å². The zero-order chi connectivity index (χ0) is 12.1. The van der Waals surface area contributed by atoms with Crippen molar-refractivity contribution < 1.29 is 4.79 Å². The summed E-state index contributed by atoms with van der Waals surface area (Å²) in [6.45, 7) is 3.95. The highest BCUT2D eigenvalue weighted by Crippen LogP contribution is 2.26. The smallest absolute Gasteiger partial charge is 0.227 e. The zero-order valence-corrected chi connectivity index (χ0v) is 10.9. The van der Waals surface area contributed by atoms with Crippen molar-refractivity contribution in [1.82, 2.24) is 0 Å². The molecule has 0 aliphatic heterocycles. The van der Waals surface area contributed by atoms with E-state index in [0.717, 1.165) is 12.8 Å². The van der Waals surface area contributed by atoms with Gasteiger partial charge in [-0.3, -0.25) is 4.79 Å². The number of nitrogens with one attached hydrogen (secondary N) is 1. The Morgan fingerprint density at radius 2 is 2.12 bits per heavy atom. The Bertz CT molecular complexity index is 379. The van der Waals surface area contributed by atoms with Gasteiger partial charge in [0.05, 0.1) is 10.7 Å². The molecule has 0 fully saturated rings. The minimum atomic E-state index is -0.0222. The van der Waals surface area contributed by atoms with Crippen LogP contribution in [-0.4, -0.2) is 5.91 Å². The number of carbonyl (C=O) groups excluding carboxylic acids is 1. The molecule has 0 radical (unpaired) electrons. The number of amides is 1. The van der Waals surface area contributed by atoms with Crippen molar-refractivity contribution in [2.24, 2.45) is 5.92 Å². The number of benzene rings is 1. The Labute approximate surface area is 106 Å². The van der Waals surface area contributed by atoms with E-state index in [9.17, 15) is 4.79 Å². The summed E-state index contributed by atoms with van der Waals surface area (Å²) in [5, 5.41) is 3.84. The molecule has 88 valence electrons. The Balaban J connectivity index is 2.72. The van der Waals surface area contributed by atoms with Crippen LogP contribution >= 0.6 is 23.2 Å². The molecule has 1 N–H and O–H groups in total. The third-order valence-electron chi connectivity index (χ3n) is 2.36. The highest BCUT2D eigenvalue weighted by molar-refractivity contribution is 6.35. The molecule has 1 unspecified atom stereocenters. The number of rotatable bonds is 4. The average Bonchev–Trinajstić information content (AvgIpc) is 2.23. The van der Waals surface area contributed by atoms with E-state index in [1.54, 1.807) is 18.2 Å². The molecule has 0 spiro atoms. The summed E-state index contributed by atoms with van der Waals surface area (Å²) in [6, 6.07) is 5.01. The van der Waals surface area contributed by atoms with Gasteiger partial charge in [0.25, 0.3) is 0 Å². The maximum atomic E-state index is 11.8. The average molecular weight is 260 g/mol. The van der Waals surface area contributed by atoms with Gasteiger partial charge in [-0.25, -0.2) is 0 Å². The molecule has 0 saturated heterocycles. The summed E-state index contributed by atoms with van der Waals surface area (Å²) < 4.78 is 0. The fraction of sp³-hybridized carbons (Fsp3) is 0.417. The highest BCUT2D eigenvalue weighted by Gasteiger charge is 2.13. The molecule has 1 aromatic rings. The lowest BCUT2D eigenvalue weighted by Gasteiger charge is -2.12. The summed E-state index contributed by atoms with van der Waals surface area (Å²) in [4.78, 5) is 11.8. The number of anilines is 1. The predicted octanol–water partition coefficient (Wildman–Crippen LogP) is 4.37. The molecule has 1 amide bonds. The molecule has 0 saturated carbocycles. The molecule has 1 aromatic carbocycles. The molecule has 2 nitrogen and oxygen atoms in total. The highest BCUT2D eigenvalue weighted by atomic mass is 35.5. The number of hydrogen-bond donors (Lipinski definition) is 1. The van der Waals surface area contributed by atoms with Gasteiger partial charge in [0.15, 0.2) is 0 Å². The van der Waals surface area contributed by atoms with E-state index in [4.69, 9.17) is 23.2 Å². The first kappa shape index (κ1) is 13.3. The van der Waals surface area contributed by atoms with Crippen molar-refractivity contribution in [1.29, 1.82) is 0 Å². The van der Waals surface area contributed by atoms with Crippen LogP contribution in [0.15, 0.2) is 18.2 Å². The predicted molar refractivity (Wildman–Crippen MR) is 69.2 cm³/mol. The van der Waals surface area contributed by atoms with E-state index in [1.807, 2.05) is 6.92 Å². The lowest BCUT2D eigenvalue weighted by atomic mass is 10.1. The first-order chi connectivity index (χ1) is 7.54. The van der Waals surface area contributed by atoms with Crippen LogP contribution in [0.25, 0.3) is 0 Å². The van der Waals surface area contributed by atoms with Gasteiger partial charge in [-0.15, -0.1) is 0 Å². The molecule has 0 aromatic heterocycles. The van der Waals surface area contributed by atoms with E-state index < -0.39 is 0 Å². The standard InChI is InChI=1S/C12H15Cl2NO/c1-3-4-8(2)12(16)15-11-7-9(13)5-6-10(11)14/h5-8H,3-4H2,1-2H3,(H,15,16). The normalized spacial score (nSPS) is 12.2. The maximum Gasteiger partial charge on any atom is 0.227 e. The quantitative estimate of drug-likeness (QED) is 0.855. The van der Waals surface area contributed by atoms with Crippen LogP contribution in [0.1, 0.15) is 26.7 Å². The lowest BCUT2D eigenvalue weighted by Crippen LogP contribution is -2.20. The Morgan fingerprint density at radius 3 is 2.75 bits per heavy atom. The third kappa shape index (κ3) is 3.69. The zero-order valence-electron chi connectivity index (χ0n) is 9.39. The minimum Gasteiger partial charge on any atom is -0.324 e. The molecular formula is C12H15Cl2NO. The second kappa shape index (κ2) is 6.12. The molecule has 1 rings (SSSR count). The van der Waals surface area contributed by atoms with Crippen LogP contribution < -0.4 is 5.32 Å². The Hall–Kier alpha value is -0.730. The van der Waals surface area contributed by atoms with E-state index >= 15 is 0 Å². The van der Waals surface area contributed by atoms with Gasteiger partial charge < -0.3 is 5.32 Å². The lowest BCUT2D eigenvalue weighted by molar-refractivity contribution is -0.119. The summed E-state index contributed by atoms with van der Waals surface area (Å²) in [5.41, 5.74) is 0.571. The second-order valence-electron chi connectivity index (χ2n) is 3.80. The monoisotopic (exact) mass is 259 g/mol. The first-order valence-electron chi connectivity index (χ1n) is 5.30. The third-order valence-corrected chi connectivity index (χ3v) is 2.92. The Morgan fingerprint density at radius 1 is 1.44 bits per heavy atom. The summed E-state index contributed by atoms with van der Waals surface area (Å²) in [7, 11) is 0. The summed E-state index contributed by atoms with van der Waals surface area (Å²) >= 11 is 11.8. The minimum absolute atomic E-state index is 0.0138. The van der Waals surface area contributed by atoms with Gasteiger partial charge in [0.2, 0.25) is 5.91 Å². The number of hydrogen-bond acceptors (Lipinski definition) is 1. The van der Waals surface area contributed by atoms with Crippen LogP contribution in [0, 0.1) is 5.92 Å². The van der Waals surface area contributed by atoms with Gasteiger partial charge in [0, 0.05) is 10.9 Å². The number of halogens is 2. The van der Waals surface area contributed by atoms with Gasteiger partial charge in [-0.2, -0.15) is 0 Å². The second-order valence-corrected chi connectivity index (χ2v) is 4.65. The van der Waals surface area contributed by atoms with Crippen molar-refractivity contribution in [3.63, 3.8) is 0 Å². The Kier molecular flexibility index (Phi) is 5.10. The SMILES string of the molecule is CCCC(C)C(=O)Nc1cc(Cl)ccc1Cl. The van der Waals surface area contributed by atoms with Crippen LogP contribution in [-0.2, 0) is 4.79 Å². The summed E-state index contributed by atoms with van der Waals surface area (Å²) in [6.07, 6.45) is 1.85. The van der Waals surface area contributed by atoms with Crippen molar-refractivity contribution in [2.75, 3.05) is 5.32 Å². The van der Waals surface area contributed by atoms with Crippen molar-refractivity contribution >= 4 is 34.8 Å². The molecule has 0 aliphatic carbocycles. The van der Waals surface area contributed by atoms with Gasteiger partial charge in [-0.1, -0.05) is 43.5 Å². The van der Waals surface area contributed by atoms with Crippen molar-refractivity contribution in [3.8, 4) is 0 Å². The van der Waals surface area contributed by atoms with Crippen LogP contribution in [0.5, 0.6) is 0 Å². The van der Waals surface area contributed by atoms with Crippen LogP contribution in [0.3, 0.4) is 0 Å². The fourth-order valence-electron chi connectivity index (χ4n) is 1.41. The molecule has 16 heavy (non-hydrogen) atoms. The van der Waals surface area contributed by atoms with E-state index in [1.165, 1.54) is 0 Å². The van der Waals surface area contributed by atoms with Crippen LogP contribution in [0.4, 0.5) is 5.69 Å². The molecular weight excluding hydrogens is 245 g/mol. The molecule has 1 atom stereocenters. The maximum absolute atomic E-state index is 11.8. The fourth-order valence-corrected chi connectivity index (χ4v) is 1.75. The molecule has 0 heterocycles. The van der Waals surface area contributed by atoms with Gasteiger partial charge in [-0.05, 0) is 24.6 Å². The molecule has 0 aliphatic rings. The summed E-state index contributed by atoms with van der Waals surface area (Å²) in [5.74, 6) is -0.0361. The largest absolute Gasteiger partial charge is 0.324 e. The molecule has 4 heteroatoms. The van der Waals surface area contributed by atoms with E-state index in [2.05, 4.69) is 12.2 Å². The topological polar surface area (TPSA) is 29.1 Å². The number of carbonyl (C=O) groups is 1. The van der Waals surface area contributed by atoms with E-state index in [0.29, 0.717) is 15.7 Å². The van der Waals surface area contributed by atoms with Crippen molar-refractivity contribution in [3.05, 3.63) is 28.2 Å². The van der Waals surface area contributed by atoms with Crippen LogP contribution in [0.2, 0.25) is 10.0 Å².